The van der Waals surface area contributed by atoms with Crippen molar-refractivity contribution in [3.8, 4) is 0 Å². The predicted octanol–water partition coefficient (Wildman–Crippen LogP) is 3.60. The molecular weight excluding hydrogens is 412 g/mol. The Balaban J connectivity index is 1.60. The summed E-state index contributed by atoms with van der Waals surface area (Å²) in [5.41, 5.74) is 1.68. The van der Waals surface area contributed by atoms with E-state index < -0.39 is 23.4 Å². The van der Waals surface area contributed by atoms with Gasteiger partial charge in [0, 0.05) is 17.8 Å². The highest BCUT2D eigenvalue weighted by molar-refractivity contribution is 6.32. The van der Waals surface area contributed by atoms with Gasteiger partial charge in [0.2, 0.25) is 0 Å². The second-order valence-electron chi connectivity index (χ2n) is 6.32. The Morgan fingerprint density at radius 3 is 2.47 bits per heavy atom. The summed E-state index contributed by atoms with van der Waals surface area (Å²) in [7, 11) is 0. The molecule has 0 saturated heterocycles. The van der Waals surface area contributed by atoms with Crippen LogP contribution < -0.4 is 5.32 Å². The fraction of sp³-hybridized carbons (Fsp3) is 0.150. The number of anilines is 1. The van der Waals surface area contributed by atoms with Crippen molar-refractivity contribution in [2.75, 3.05) is 11.9 Å². The van der Waals surface area contributed by atoms with Gasteiger partial charge >= 0.3 is 5.97 Å². The number of ether oxygens (including phenoxy) is 1. The van der Waals surface area contributed by atoms with E-state index in [1.807, 2.05) is 30.3 Å². The molecule has 1 amide bonds. The molecule has 0 aliphatic heterocycles. The average Bonchev–Trinajstić information content (AvgIpc) is 3.00. The van der Waals surface area contributed by atoms with Crippen LogP contribution in [0.4, 0.5) is 11.4 Å². The third-order valence-corrected chi connectivity index (χ3v) is 4.53. The fourth-order valence-electron chi connectivity index (χ4n) is 2.71. The molecule has 1 N–H and O–H groups in total. The van der Waals surface area contributed by atoms with Gasteiger partial charge < -0.3 is 10.1 Å². The zero-order valence-electron chi connectivity index (χ0n) is 15.9. The second-order valence-corrected chi connectivity index (χ2v) is 6.68. The Hall–Kier alpha value is -3.72. The molecule has 0 bridgehead atoms. The summed E-state index contributed by atoms with van der Waals surface area (Å²) >= 11 is 6.30. The molecule has 0 atom stereocenters. The van der Waals surface area contributed by atoms with Crippen LogP contribution >= 0.6 is 11.6 Å². The SMILES string of the molecule is Cc1nn(Cc2ccccc2)c(Cl)c1C(=O)OCC(=O)Nc1ccc([N+](=O)[O-])cc1. The Morgan fingerprint density at radius 1 is 1.17 bits per heavy atom. The van der Waals surface area contributed by atoms with Gasteiger partial charge in [0.25, 0.3) is 11.6 Å². The van der Waals surface area contributed by atoms with Crippen LogP contribution in [0.2, 0.25) is 5.15 Å². The quantitative estimate of drug-likeness (QED) is 0.349. The van der Waals surface area contributed by atoms with Gasteiger partial charge in [-0.05, 0) is 24.6 Å². The Labute approximate surface area is 176 Å². The Kier molecular flexibility index (Phi) is 6.43. The number of hydrogen-bond acceptors (Lipinski definition) is 6. The highest BCUT2D eigenvalue weighted by Crippen LogP contribution is 2.22. The number of nitrogens with one attached hydrogen (secondary N) is 1. The van der Waals surface area contributed by atoms with Crippen LogP contribution in [0.15, 0.2) is 54.6 Å². The highest BCUT2D eigenvalue weighted by Gasteiger charge is 2.22. The Bertz CT molecular complexity index is 1080. The zero-order valence-corrected chi connectivity index (χ0v) is 16.6. The predicted molar refractivity (Wildman–Crippen MR) is 110 cm³/mol. The van der Waals surface area contributed by atoms with E-state index in [2.05, 4.69) is 10.4 Å². The summed E-state index contributed by atoms with van der Waals surface area (Å²) < 4.78 is 6.54. The zero-order chi connectivity index (χ0) is 21.7. The molecule has 1 heterocycles. The number of nitro groups is 1. The molecule has 9 nitrogen and oxygen atoms in total. The molecule has 3 rings (SSSR count). The van der Waals surface area contributed by atoms with E-state index in [-0.39, 0.29) is 16.4 Å². The first-order chi connectivity index (χ1) is 14.3. The van der Waals surface area contributed by atoms with E-state index >= 15 is 0 Å². The number of hydrogen-bond donors (Lipinski definition) is 1. The van der Waals surface area contributed by atoms with E-state index in [9.17, 15) is 19.7 Å². The minimum Gasteiger partial charge on any atom is -0.452 e. The normalized spacial score (nSPS) is 10.5. The smallest absolute Gasteiger partial charge is 0.343 e. The topological polar surface area (TPSA) is 116 Å². The van der Waals surface area contributed by atoms with Crippen molar-refractivity contribution in [2.24, 2.45) is 0 Å². The lowest BCUT2D eigenvalue weighted by Gasteiger charge is -2.07. The summed E-state index contributed by atoms with van der Waals surface area (Å²) in [6, 6.07) is 14.8. The number of esters is 1. The molecule has 10 heteroatoms. The summed E-state index contributed by atoms with van der Waals surface area (Å²) in [5, 5.41) is 17.5. The third kappa shape index (κ3) is 5.00. The lowest BCUT2D eigenvalue weighted by molar-refractivity contribution is -0.384. The molecule has 0 unspecified atom stereocenters. The standard InChI is InChI=1S/C20H17ClN4O5/c1-13-18(19(21)24(23-13)11-14-5-3-2-4-6-14)20(27)30-12-17(26)22-15-7-9-16(10-8-15)25(28)29/h2-10H,11-12H2,1H3,(H,22,26). The number of amides is 1. The maximum absolute atomic E-state index is 12.4. The molecule has 154 valence electrons. The van der Waals surface area contributed by atoms with Gasteiger partial charge in [-0.25, -0.2) is 9.48 Å². The highest BCUT2D eigenvalue weighted by atomic mass is 35.5. The number of nitro benzene ring substituents is 1. The minimum atomic E-state index is -0.768. The first kappa shape index (κ1) is 21.0. The summed E-state index contributed by atoms with van der Waals surface area (Å²) in [6.45, 7) is 1.46. The number of rotatable bonds is 7. The van der Waals surface area contributed by atoms with Crippen LogP contribution in [0.1, 0.15) is 21.6 Å². The van der Waals surface area contributed by atoms with Crippen LogP contribution in [-0.2, 0) is 16.1 Å². The lowest BCUT2D eigenvalue weighted by Crippen LogP contribution is -2.21. The largest absolute Gasteiger partial charge is 0.452 e. The Morgan fingerprint density at radius 2 is 1.83 bits per heavy atom. The van der Waals surface area contributed by atoms with Crippen LogP contribution in [0.5, 0.6) is 0 Å². The monoisotopic (exact) mass is 428 g/mol. The molecule has 0 aliphatic rings. The molecule has 3 aromatic rings. The number of carbonyl (C=O) groups excluding carboxylic acids is 2. The van der Waals surface area contributed by atoms with Crippen LogP contribution in [0.25, 0.3) is 0 Å². The van der Waals surface area contributed by atoms with E-state index in [1.165, 1.54) is 28.9 Å². The van der Waals surface area contributed by atoms with Gasteiger partial charge in [0.15, 0.2) is 6.61 Å². The molecular formula is C20H17ClN4O5. The average molecular weight is 429 g/mol. The van der Waals surface area contributed by atoms with Crippen molar-refractivity contribution in [3.63, 3.8) is 0 Å². The van der Waals surface area contributed by atoms with Crippen molar-refractivity contribution in [2.45, 2.75) is 13.5 Å². The van der Waals surface area contributed by atoms with Gasteiger partial charge in [-0.3, -0.25) is 14.9 Å². The van der Waals surface area contributed by atoms with Crippen LogP contribution in [0, 0.1) is 17.0 Å². The van der Waals surface area contributed by atoms with Crippen molar-refractivity contribution in [3.05, 3.63) is 86.7 Å². The van der Waals surface area contributed by atoms with Crippen molar-refractivity contribution < 1.29 is 19.2 Å². The molecule has 0 aliphatic carbocycles. The molecule has 0 saturated carbocycles. The van der Waals surface area contributed by atoms with Gasteiger partial charge in [-0.2, -0.15) is 5.10 Å². The molecule has 0 spiro atoms. The first-order valence-corrected chi connectivity index (χ1v) is 9.21. The second kappa shape index (κ2) is 9.19. The van der Waals surface area contributed by atoms with Crippen LogP contribution in [0.3, 0.4) is 0 Å². The van der Waals surface area contributed by atoms with E-state index in [0.717, 1.165) is 5.56 Å². The molecule has 0 fully saturated rings. The number of aromatic nitrogens is 2. The number of benzene rings is 2. The summed E-state index contributed by atoms with van der Waals surface area (Å²) in [4.78, 5) is 34.5. The third-order valence-electron chi connectivity index (χ3n) is 4.14. The number of nitrogens with zero attached hydrogens (tertiary/aromatic N) is 3. The first-order valence-electron chi connectivity index (χ1n) is 8.83. The number of non-ortho nitro benzene ring substituents is 1. The van der Waals surface area contributed by atoms with Crippen molar-refractivity contribution >= 4 is 34.9 Å². The summed E-state index contributed by atoms with van der Waals surface area (Å²) in [6.07, 6.45) is 0. The van der Waals surface area contributed by atoms with Gasteiger partial charge in [-0.15, -0.1) is 0 Å². The van der Waals surface area contributed by atoms with Gasteiger partial charge in [-0.1, -0.05) is 41.9 Å². The molecule has 1 aromatic heterocycles. The number of halogens is 1. The van der Waals surface area contributed by atoms with Crippen molar-refractivity contribution in [1.29, 1.82) is 0 Å². The molecule has 2 aromatic carbocycles. The number of carbonyl (C=O) groups is 2. The number of aryl methyl sites for hydroxylation is 1. The van der Waals surface area contributed by atoms with E-state index in [4.69, 9.17) is 16.3 Å². The van der Waals surface area contributed by atoms with E-state index in [0.29, 0.717) is 17.9 Å². The van der Waals surface area contributed by atoms with Crippen molar-refractivity contribution in [1.82, 2.24) is 9.78 Å². The van der Waals surface area contributed by atoms with Gasteiger partial charge in [0.1, 0.15) is 10.7 Å². The molecule has 0 radical (unpaired) electrons. The van der Waals surface area contributed by atoms with E-state index in [1.54, 1.807) is 6.92 Å². The molecule has 30 heavy (non-hydrogen) atoms. The maximum atomic E-state index is 12.4. The van der Waals surface area contributed by atoms with Gasteiger partial charge in [0.05, 0.1) is 17.2 Å². The minimum absolute atomic E-state index is 0.0933. The summed E-state index contributed by atoms with van der Waals surface area (Å²) in [5.74, 6) is -1.36. The maximum Gasteiger partial charge on any atom is 0.343 e. The van der Waals surface area contributed by atoms with Crippen LogP contribution in [-0.4, -0.2) is 33.2 Å². The fourth-order valence-corrected chi connectivity index (χ4v) is 3.02. The lowest BCUT2D eigenvalue weighted by atomic mass is 10.2.